The van der Waals surface area contributed by atoms with Gasteiger partial charge in [-0.15, -0.1) is 0 Å². The maximum Gasteiger partial charge on any atom is 0.369 e. The molecule has 1 aliphatic heterocycles. The van der Waals surface area contributed by atoms with Crippen LogP contribution in [0.5, 0.6) is 0 Å². The van der Waals surface area contributed by atoms with E-state index in [1.54, 1.807) is 6.92 Å². The van der Waals surface area contributed by atoms with E-state index in [1.165, 1.54) is 0 Å². The summed E-state index contributed by atoms with van der Waals surface area (Å²) in [6, 6.07) is -0.603. The molecule has 11 heteroatoms. The molecule has 0 saturated carbocycles. The second-order valence-electron chi connectivity index (χ2n) is 4.95. The van der Waals surface area contributed by atoms with E-state index in [2.05, 4.69) is 17.9 Å². The van der Waals surface area contributed by atoms with Crippen LogP contribution in [0.3, 0.4) is 0 Å². The molecule has 0 bridgehead atoms. The molecule has 1 heterocycles. The summed E-state index contributed by atoms with van der Waals surface area (Å²) < 4.78 is 22.5. The normalized spacial score (nSPS) is 30.4. The largest absolute Gasteiger partial charge is 0.369 e. The average Bonchev–Trinajstić information content (AvgIpc) is 2.18. The summed E-state index contributed by atoms with van der Waals surface area (Å²) in [5.41, 5.74) is 0. The van der Waals surface area contributed by atoms with Crippen molar-refractivity contribution in [3.05, 3.63) is 0 Å². The maximum atomic E-state index is 11.3. The molecule has 0 spiro atoms. The van der Waals surface area contributed by atoms with Crippen LogP contribution >= 0.6 is 27.8 Å². The van der Waals surface area contributed by atoms with Crippen molar-refractivity contribution in [1.82, 2.24) is 5.32 Å². The molecular weight excluding hydrogens is 316 g/mol. The number of piperidine rings is 1. The zero-order valence-corrected chi connectivity index (χ0v) is 12.9. The molecule has 3 unspecified atom stereocenters. The molecule has 19 heavy (non-hydrogen) atoms. The average molecular weight is 335 g/mol. The highest BCUT2D eigenvalue weighted by molar-refractivity contribution is 7.81. The lowest BCUT2D eigenvalue weighted by Gasteiger charge is -2.38. The monoisotopic (exact) mass is 335 g/mol. The first-order chi connectivity index (χ1) is 8.38. The summed E-state index contributed by atoms with van der Waals surface area (Å²) in [4.78, 5) is 36.3. The Kier molecular flexibility index (Phi) is 5.33. The molecule has 0 aliphatic carbocycles. The Morgan fingerprint density at radius 3 is 2.11 bits per heavy atom. The SMILES string of the molecule is CC1CC(S)CNC1CC(O)(P(=O)(O)O)P(=O)(O)O. The van der Waals surface area contributed by atoms with Crippen molar-refractivity contribution in [1.29, 1.82) is 0 Å². The lowest BCUT2D eigenvalue weighted by molar-refractivity contribution is 0.0991. The molecule has 0 aromatic carbocycles. The number of aliphatic hydroxyl groups is 1. The lowest BCUT2D eigenvalue weighted by atomic mass is 9.90. The standard InChI is InChI=1S/C8H19NO7P2S/c1-5-2-6(19)4-9-7(5)3-8(10,17(11,12)13)18(14,15)16/h5-7,9-10,19H,2-4H2,1H3,(H2,11,12,13)(H2,14,15,16). The highest BCUT2D eigenvalue weighted by Crippen LogP contribution is 2.69. The van der Waals surface area contributed by atoms with Gasteiger partial charge in [-0.2, -0.15) is 12.6 Å². The van der Waals surface area contributed by atoms with E-state index in [9.17, 15) is 14.2 Å². The van der Waals surface area contributed by atoms with Crippen molar-refractivity contribution < 1.29 is 33.8 Å². The van der Waals surface area contributed by atoms with Gasteiger partial charge in [-0.25, -0.2) is 0 Å². The van der Waals surface area contributed by atoms with Crippen LogP contribution in [0.15, 0.2) is 0 Å². The minimum Gasteiger partial charge on any atom is -0.367 e. The van der Waals surface area contributed by atoms with Crippen LogP contribution in [0.25, 0.3) is 0 Å². The quantitative estimate of drug-likeness (QED) is 0.273. The highest BCUT2D eigenvalue weighted by Gasteiger charge is 2.60. The third-order valence-electron chi connectivity index (χ3n) is 3.37. The van der Waals surface area contributed by atoms with Gasteiger partial charge in [0.15, 0.2) is 0 Å². The predicted molar refractivity (Wildman–Crippen MR) is 72.0 cm³/mol. The van der Waals surface area contributed by atoms with Crippen LogP contribution < -0.4 is 5.32 Å². The lowest BCUT2D eigenvalue weighted by Crippen LogP contribution is -2.49. The summed E-state index contributed by atoms with van der Waals surface area (Å²) in [6.07, 6.45) is -0.0948. The van der Waals surface area contributed by atoms with Crippen molar-refractivity contribution in [3.63, 3.8) is 0 Å². The molecule has 0 aromatic heterocycles. The Balaban J connectivity index is 2.98. The van der Waals surface area contributed by atoms with E-state index < -0.39 is 32.7 Å². The molecule has 0 radical (unpaired) electrons. The summed E-state index contributed by atoms with van der Waals surface area (Å²) in [5, 5.41) is 9.44. The molecule has 1 aliphatic rings. The number of thiol groups is 1. The van der Waals surface area contributed by atoms with Crippen LogP contribution in [0.2, 0.25) is 0 Å². The second kappa shape index (κ2) is 5.75. The van der Waals surface area contributed by atoms with Gasteiger partial charge in [0.25, 0.3) is 5.08 Å². The van der Waals surface area contributed by atoms with Gasteiger partial charge in [0.1, 0.15) is 0 Å². The molecule has 1 saturated heterocycles. The van der Waals surface area contributed by atoms with E-state index in [1.807, 2.05) is 0 Å². The Labute approximate surface area is 116 Å². The fourth-order valence-electron chi connectivity index (χ4n) is 2.14. The topological polar surface area (TPSA) is 147 Å². The van der Waals surface area contributed by atoms with E-state index >= 15 is 0 Å². The van der Waals surface area contributed by atoms with Gasteiger partial charge in [0.05, 0.1) is 0 Å². The fraction of sp³-hybridized carbons (Fsp3) is 1.00. The van der Waals surface area contributed by atoms with Gasteiger partial charge in [-0.1, -0.05) is 6.92 Å². The molecule has 8 nitrogen and oxygen atoms in total. The van der Waals surface area contributed by atoms with E-state index in [0.717, 1.165) is 0 Å². The molecule has 1 fully saturated rings. The smallest absolute Gasteiger partial charge is 0.367 e. The van der Waals surface area contributed by atoms with Crippen LogP contribution in [-0.2, 0) is 9.13 Å². The number of hydrogen-bond acceptors (Lipinski definition) is 5. The van der Waals surface area contributed by atoms with E-state index in [-0.39, 0.29) is 11.2 Å². The Bertz CT molecular complexity index is 399. The van der Waals surface area contributed by atoms with Gasteiger partial charge in [0.2, 0.25) is 0 Å². The molecule has 0 amide bonds. The molecule has 3 atom stereocenters. The minimum atomic E-state index is -5.38. The summed E-state index contributed by atoms with van der Waals surface area (Å²) in [7, 11) is -10.8. The molecule has 0 aromatic rings. The van der Waals surface area contributed by atoms with Gasteiger partial charge in [0, 0.05) is 24.3 Å². The van der Waals surface area contributed by atoms with Crippen molar-refractivity contribution in [2.75, 3.05) is 6.54 Å². The number of hydrogen-bond donors (Lipinski definition) is 7. The second-order valence-corrected chi connectivity index (χ2v) is 9.69. The first kappa shape index (κ1) is 17.6. The van der Waals surface area contributed by atoms with Crippen molar-refractivity contribution in [2.24, 2.45) is 5.92 Å². The Morgan fingerprint density at radius 2 is 1.74 bits per heavy atom. The van der Waals surface area contributed by atoms with E-state index in [0.29, 0.717) is 13.0 Å². The zero-order valence-electron chi connectivity index (χ0n) is 10.2. The predicted octanol–water partition coefficient (Wildman–Crippen LogP) is -0.326. The third-order valence-corrected chi connectivity index (χ3v) is 7.56. The van der Waals surface area contributed by atoms with Gasteiger partial charge in [-0.3, -0.25) is 9.13 Å². The summed E-state index contributed by atoms with van der Waals surface area (Å²) in [6.45, 7) is 2.20. The molecule has 114 valence electrons. The van der Waals surface area contributed by atoms with Crippen LogP contribution in [0.1, 0.15) is 19.8 Å². The summed E-state index contributed by atoms with van der Waals surface area (Å²) >= 11 is 4.25. The zero-order chi connectivity index (χ0) is 15.1. The van der Waals surface area contributed by atoms with Crippen LogP contribution in [0.4, 0.5) is 0 Å². The van der Waals surface area contributed by atoms with Crippen LogP contribution in [0, 0.1) is 5.92 Å². The first-order valence-corrected chi connectivity index (χ1v) is 9.37. The third kappa shape index (κ3) is 3.81. The summed E-state index contributed by atoms with van der Waals surface area (Å²) in [5.74, 6) is -0.124. The number of rotatable bonds is 4. The van der Waals surface area contributed by atoms with Crippen LogP contribution in [-0.4, -0.2) is 47.6 Å². The van der Waals surface area contributed by atoms with Crippen molar-refractivity contribution >= 4 is 27.8 Å². The van der Waals surface area contributed by atoms with E-state index in [4.69, 9.17) is 19.6 Å². The molecule has 6 N–H and O–H groups in total. The van der Waals surface area contributed by atoms with Crippen molar-refractivity contribution in [2.45, 2.75) is 36.1 Å². The minimum absolute atomic E-state index is 0.0597. The molecule has 1 rings (SSSR count). The fourth-order valence-corrected chi connectivity index (χ4v) is 4.81. The van der Waals surface area contributed by atoms with Gasteiger partial charge >= 0.3 is 15.2 Å². The van der Waals surface area contributed by atoms with Gasteiger partial charge in [-0.05, 0) is 12.3 Å². The highest BCUT2D eigenvalue weighted by atomic mass is 32.1. The maximum absolute atomic E-state index is 11.3. The number of nitrogens with one attached hydrogen (secondary N) is 1. The first-order valence-electron chi connectivity index (χ1n) is 5.63. The Hall–Kier alpha value is 0.570. The Morgan fingerprint density at radius 1 is 1.26 bits per heavy atom. The van der Waals surface area contributed by atoms with Gasteiger partial charge < -0.3 is 30.0 Å². The van der Waals surface area contributed by atoms with Crippen molar-refractivity contribution in [3.8, 4) is 0 Å². The molecular formula is C8H19NO7P2S.